The van der Waals surface area contributed by atoms with Gasteiger partial charge >= 0.3 is 17.9 Å². The maximum absolute atomic E-state index is 10.9. The lowest BCUT2D eigenvalue weighted by Gasteiger charge is -2.05. The summed E-state index contributed by atoms with van der Waals surface area (Å²) >= 11 is 0. The second-order valence-corrected chi connectivity index (χ2v) is 4.39. The van der Waals surface area contributed by atoms with Crippen LogP contribution in [0.25, 0.3) is 0 Å². The molecule has 0 aromatic carbocycles. The monoisotopic (exact) mass is 321 g/mol. The Kier molecular flexibility index (Phi) is 12.6. The van der Waals surface area contributed by atoms with E-state index >= 15 is 0 Å². The van der Waals surface area contributed by atoms with E-state index in [0.29, 0.717) is 6.42 Å². The van der Waals surface area contributed by atoms with Gasteiger partial charge in [0, 0.05) is 6.42 Å². The van der Waals surface area contributed by atoms with Crippen LogP contribution in [0.1, 0.15) is 32.6 Å². The Bertz CT molecular complexity index is 387. The van der Waals surface area contributed by atoms with E-state index < -0.39 is 42.4 Å². The van der Waals surface area contributed by atoms with E-state index in [1.807, 2.05) is 6.92 Å². The van der Waals surface area contributed by atoms with Crippen LogP contribution in [0.3, 0.4) is 0 Å². The largest absolute Gasteiger partial charge is 0.480 e. The quantitative estimate of drug-likeness (QED) is 0.295. The Balaban J connectivity index is 0. The zero-order valence-corrected chi connectivity index (χ0v) is 12.3. The normalized spacial score (nSPS) is 12.3. The van der Waals surface area contributed by atoms with Crippen molar-refractivity contribution >= 4 is 23.8 Å². The number of carboxylic acids is 3. The standard InChI is InChI=1S/C7H12N2O5.C5H11NO2/c8-4(7(13)14)1-2-5(10)9-3-6(11)12;1-2-3-4(6)5(7)8/h4H,1-3,8H2,(H,9,10)(H,11,12)(H,13,14);4H,2-3,6H2,1H3,(H,7,8)/t2*4-/m00/s1. The first-order chi connectivity index (χ1) is 10.1. The summed E-state index contributed by atoms with van der Waals surface area (Å²) in [6.07, 6.45) is 1.28. The molecule has 22 heavy (non-hydrogen) atoms. The van der Waals surface area contributed by atoms with Crippen molar-refractivity contribution in [2.24, 2.45) is 11.5 Å². The summed E-state index contributed by atoms with van der Waals surface area (Å²) in [5, 5.41) is 26.8. The fourth-order valence-corrected chi connectivity index (χ4v) is 1.11. The molecular formula is C12H23N3O7. The van der Waals surface area contributed by atoms with Crippen LogP contribution in [0.4, 0.5) is 0 Å². The molecule has 8 N–H and O–H groups in total. The maximum atomic E-state index is 10.9. The molecule has 10 heteroatoms. The average Bonchev–Trinajstić information content (AvgIpc) is 2.43. The molecule has 0 radical (unpaired) electrons. The summed E-state index contributed by atoms with van der Waals surface area (Å²) < 4.78 is 0. The minimum absolute atomic E-state index is 0.0131. The van der Waals surface area contributed by atoms with Crippen molar-refractivity contribution in [3.63, 3.8) is 0 Å². The lowest BCUT2D eigenvalue weighted by Crippen LogP contribution is -2.34. The molecule has 0 saturated heterocycles. The smallest absolute Gasteiger partial charge is 0.322 e. The second kappa shape index (κ2) is 12.5. The number of nitrogens with one attached hydrogen (secondary N) is 1. The molecule has 2 atom stereocenters. The highest BCUT2D eigenvalue weighted by Gasteiger charge is 2.13. The number of hydrogen-bond donors (Lipinski definition) is 6. The van der Waals surface area contributed by atoms with Crippen molar-refractivity contribution in [2.75, 3.05) is 6.54 Å². The van der Waals surface area contributed by atoms with Crippen molar-refractivity contribution in [1.82, 2.24) is 5.32 Å². The van der Waals surface area contributed by atoms with E-state index in [9.17, 15) is 19.2 Å². The highest BCUT2D eigenvalue weighted by atomic mass is 16.4. The molecule has 0 aliphatic carbocycles. The second-order valence-electron chi connectivity index (χ2n) is 4.39. The molecule has 1 amide bonds. The third kappa shape index (κ3) is 14.2. The third-order valence-electron chi connectivity index (χ3n) is 2.35. The predicted molar refractivity (Wildman–Crippen MR) is 76.0 cm³/mol. The van der Waals surface area contributed by atoms with Gasteiger partial charge in [-0.2, -0.15) is 0 Å². The predicted octanol–water partition coefficient (Wildman–Crippen LogP) is -1.42. The summed E-state index contributed by atoms with van der Waals surface area (Å²) in [6, 6.07) is -1.76. The SMILES string of the molecule is CCC[C@H](N)C(=O)O.N[C@@H](CCC(=O)NCC(=O)O)C(=O)O. The third-order valence-corrected chi connectivity index (χ3v) is 2.35. The van der Waals surface area contributed by atoms with Crippen molar-refractivity contribution < 1.29 is 34.5 Å². The molecule has 0 bridgehead atoms. The molecule has 128 valence electrons. The average molecular weight is 321 g/mol. The minimum atomic E-state index is -1.18. The van der Waals surface area contributed by atoms with Crippen molar-refractivity contribution in [2.45, 2.75) is 44.7 Å². The Morgan fingerprint density at radius 3 is 1.73 bits per heavy atom. The number of rotatable bonds is 9. The van der Waals surface area contributed by atoms with Gasteiger partial charge < -0.3 is 32.1 Å². The Morgan fingerprint density at radius 2 is 1.41 bits per heavy atom. The van der Waals surface area contributed by atoms with Crippen LogP contribution in [0.15, 0.2) is 0 Å². The minimum Gasteiger partial charge on any atom is -0.480 e. The summed E-state index contributed by atoms with van der Waals surface area (Å²) in [4.78, 5) is 41.1. The zero-order valence-electron chi connectivity index (χ0n) is 12.3. The summed E-state index contributed by atoms with van der Waals surface area (Å²) in [7, 11) is 0. The first-order valence-electron chi connectivity index (χ1n) is 6.57. The highest BCUT2D eigenvalue weighted by Crippen LogP contribution is 1.94. The number of carboxylic acid groups (broad SMARTS) is 3. The molecule has 0 aliphatic rings. The van der Waals surface area contributed by atoms with Gasteiger partial charge in [-0.05, 0) is 12.8 Å². The van der Waals surface area contributed by atoms with E-state index in [-0.39, 0.29) is 12.8 Å². The molecule has 0 unspecified atom stereocenters. The fraction of sp³-hybridized carbons (Fsp3) is 0.667. The van der Waals surface area contributed by atoms with Crippen LogP contribution in [-0.2, 0) is 19.2 Å². The van der Waals surface area contributed by atoms with E-state index in [1.54, 1.807) is 0 Å². The van der Waals surface area contributed by atoms with Gasteiger partial charge in [-0.1, -0.05) is 13.3 Å². The van der Waals surface area contributed by atoms with Crippen molar-refractivity contribution in [3.8, 4) is 0 Å². The van der Waals surface area contributed by atoms with Gasteiger partial charge in [-0.25, -0.2) is 0 Å². The number of carbonyl (C=O) groups is 4. The Labute approximate surface area is 127 Å². The molecule has 0 aliphatic heterocycles. The molecule has 0 rings (SSSR count). The molecule has 10 nitrogen and oxygen atoms in total. The van der Waals surface area contributed by atoms with Gasteiger partial charge in [0.05, 0.1) is 0 Å². The lowest BCUT2D eigenvalue weighted by molar-refractivity contribution is -0.140. The number of aliphatic carboxylic acids is 3. The lowest BCUT2D eigenvalue weighted by atomic mass is 10.1. The molecule has 0 aromatic heterocycles. The zero-order chi connectivity index (χ0) is 17.7. The van der Waals surface area contributed by atoms with E-state index in [0.717, 1.165) is 6.42 Å². The van der Waals surface area contributed by atoms with Gasteiger partial charge in [-0.3, -0.25) is 19.2 Å². The van der Waals surface area contributed by atoms with E-state index in [4.69, 9.17) is 26.8 Å². The van der Waals surface area contributed by atoms with Gasteiger partial charge in [0.25, 0.3) is 0 Å². The van der Waals surface area contributed by atoms with Crippen LogP contribution in [0.2, 0.25) is 0 Å². The van der Waals surface area contributed by atoms with Gasteiger partial charge in [0.1, 0.15) is 18.6 Å². The molecular weight excluding hydrogens is 298 g/mol. The van der Waals surface area contributed by atoms with Crippen LogP contribution in [0, 0.1) is 0 Å². The first-order valence-corrected chi connectivity index (χ1v) is 6.57. The fourth-order valence-electron chi connectivity index (χ4n) is 1.11. The Hall–Kier alpha value is -2.20. The molecule has 0 aromatic rings. The highest BCUT2D eigenvalue weighted by molar-refractivity contribution is 5.82. The van der Waals surface area contributed by atoms with Gasteiger partial charge in [0.15, 0.2) is 0 Å². The van der Waals surface area contributed by atoms with Crippen molar-refractivity contribution in [1.29, 1.82) is 0 Å². The van der Waals surface area contributed by atoms with Crippen LogP contribution >= 0.6 is 0 Å². The van der Waals surface area contributed by atoms with E-state index in [2.05, 4.69) is 5.32 Å². The molecule has 0 heterocycles. The topological polar surface area (TPSA) is 193 Å². The van der Waals surface area contributed by atoms with Gasteiger partial charge in [0.2, 0.25) is 5.91 Å². The van der Waals surface area contributed by atoms with Crippen molar-refractivity contribution in [3.05, 3.63) is 0 Å². The van der Waals surface area contributed by atoms with Crippen LogP contribution < -0.4 is 16.8 Å². The summed E-state index contributed by atoms with van der Waals surface area (Å²) in [5.41, 5.74) is 10.3. The molecule has 0 fully saturated rings. The summed E-state index contributed by atoms with van der Waals surface area (Å²) in [5.74, 6) is -3.77. The molecule has 0 spiro atoms. The summed E-state index contributed by atoms with van der Waals surface area (Å²) in [6.45, 7) is 1.43. The number of nitrogens with two attached hydrogens (primary N) is 2. The maximum Gasteiger partial charge on any atom is 0.322 e. The number of amides is 1. The van der Waals surface area contributed by atoms with Gasteiger partial charge in [-0.15, -0.1) is 0 Å². The van der Waals surface area contributed by atoms with Crippen LogP contribution in [0.5, 0.6) is 0 Å². The number of carbonyl (C=O) groups excluding carboxylic acids is 1. The Morgan fingerprint density at radius 1 is 0.955 bits per heavy atom. The molecule has 0 saturated carbocycles. The van der Waals surface area contributed by atoms with E-state index in [1.165, 1.54) is 0 Å². The van der Waals surface area contributed by atoms with Crippen LogP contribution in [-0.4, -0.2) is 57.8 Å². The number of hydrogen-bond acceptors (Lipinski definition) is 6. The first kappa shape index (κ1) is 22.1.